The molecule has 0 saturated heterocycles. The molecule has 4 nitrogen and oxygen atoms in total. The lowest BCUT2D eigenvalue weighted by atomic mass is 10.1. The largest absolute Gasteiger partial charge is 0.475 e. The molecule has 1 rings (SSSR count). The molecule has 1 aromatic rings. The van der Waals surface area contributed by atoms with Gasteiger partial charge in [-0.15, -0.1) is 12.4 Å². The molecule has 5 heteroatoms. The second-order valence-electron chi connectivity index (χ2n) is 3.01. The summed E-state index contributed by atoms with van der Waals surface area (Å²) in [6, 6.07) is 3.93. The first-order chi connectivity index (χ1) is 6.69. The fourth-order valence-corrected chi connectivity index (χ4v) is 1.20. The van der Waals surface area contributed by atoms with Gasteiger partial charge >= 0.3 is 0 Å². The third-order valence-electron chi connectivity index (χ3n) is 1.78. The molecular weight excluding hydrogens is 214 g/mol. The number of nitrogens with zero attached hydrogens (tertiary/aromatic N) is 2. The summed E-state index contributed by atoms with van der Waals surface area (Å²) in [5.41, 5.74) is 7.52. The number of hydrogen-bond donors (Lipinski definition) is 1. The zero-order chi connectivity index (χ0) is 10.6. The predicted molar refractivity (Wildman–Crippen MR) is 60.2 cm³/mol. The van der Waals surface area contributed by atoms with E-state index in [0.29, 0.717) is 24.6 Å². The molecule has 0 fully saturated rings. The maximum atomic E-state index is 8.89. The topological polar surface area (TPSA) is 71.9 Å². The Labute approximate surface area is 95.5 Å². The minimum absolute atomic E-state index is 0. The van der Waals surface area contributed by atoms with E-state index >= 15 is 0 Å². The zero-order valence-electron chi connectivity index (χ0n) is 8.78. The molecule has 0 aromatic carbocycles. The smallest absolute Gasteiger partial charge is 0.232 e. The van der Waals surface area contributed by atoms with Crippen LogP contribution in [0.25, 0.3) is 0 Å². The van der Waals surface area contributed by atoms with Crippen LogP contribution in [0.15, 0.2) is 6.07 Å². The van der Waals surface area contributed by atoms with Gasteiger partial charge < -0.3 is 10.5 Å². The summed E-state index contributed by atoms with van der Waals surface area (Å²) in [6.07, 6.45) is 0. The monoisotopic (exact) mass is 227 g/mol. The standard InChI is InChI=1S/C10H13N3O.ClH/c1-7-5-8(2)13-10(9(7)6-12)14-4-3-11;/h5H,3-4,11H2,1-2H3;1H. The van der Waals surface area contributed by atoms with Crippen LogP contribution < -0.4 is 10.5 Å². The summed E-state index contributed by atoms with van der Waals surface area (Å²) >= 11 is 0. The number of halogens is 1. The van der Waals surface area contributed by atoms with E-state index in [0.717, 1.165) is 11.3 Å². The fourth-order valence-electron chi connectivity index (χ4n) is 1.20. The molecule has 2 N–H and O–H groups in total. The van der Waals surface area contributed by atoms with E-state index < -0.39 is 0 Å². The minimum atomic E-state index is 0. The van der Waals surface area contributed by atoms with Crippen molar-refractivity contribution in [2.24, 2.45) is 5.73 Å². The molecule has 1 heterocycles. The van der Waals surface area contributed by atoms with Crippen LogP contribution >= 0.6 is 12.4 Å². The van der Waals surface area contributed by atoms with Gasteiger partial charge in [-0.3, -0.25) is 0 Å². The van der Waals surface area contributed by atoms with Crippen molar-refractivity contribution in [3.05, 3.63) is 22.9 Å². The number of nitrogens with two attached hydrogens (primary N) is 1. The van der Waals surface area contributed by atoms with E-state index in [-0.39, 0.29) is 12.4 Å². The summed E-state index contributed by atoms with van der Waals surface area (Å²) in [7, 11) is 0. The second-order valence-corrected chi connectivity index (χ2v) is 3.01. The van der Waals surface area contributed by atoms with Crippen LogP contribution in [0, 0.1) is 25.2 Å². The average Bonchev–Trinajstić information content (AvgIpc) is 2.14. The maximum Gasteiger partial charge on any atom is 0.232 e. The molecule has 15 heavy (non-hydrogen) atoms. The first kappa shape index (κ1) is 13.7. The summed E-state index contributed by atoms with van der Waals surface area (Å²) in [6.45, 7) is 4.52. The highest BCUT2D eigenvalue weighted by Gasteiger charge is 2.08. The average molecular weight is 228 g/mol. The Hall–Kier alpha value is -1.31. The first-order valence-corrected chi connectivity index (χ1v) is 4.40. The van der Waals surface area contributed by atoms with Gasteiger partial charge in [-0.05, 0) is 25.5 Å². The fraction of sp³-hybridized carbons (Fsp3) is 0.400. The lowest BCUT2D eigenvalue weighted by molar-refractivity contribution is 0.314. The number of pyridine rings is 1. The molecule has 0 saturated carbocycles. The molecule has 82 valence electrons. The molecule has 0 aliphatic rings. The van der Waals surface area contributed by atoms with Gasteiger partial charge in [0.05, 0.1) is 0 Å². The third-order valence-corrected chi connectivity index (χ3v) is 1.78. The minimum Gasteiger partial charge on any atom is -0.475 e. The molecule has 0 amide bonds. The highest BCUT2D eigenvalue weighted by atomic mass is 35.5. The van der Waals surface area contributed by atoms with Gasteiger partial charge in [0, 0.05) is 12.2 Å². The second kappa shape index (κ2) is 6.23. The summed E-state index contributed by atoms with van der Waals surface area (Å²) < 4.78 is 5.28. The molecule has 0 atom stereocenters. The van der Waals surface area contributed by atoms with Gasteiger partial charge in [0.25, 0.3) is 0 Å². The molecule has 0 aliphatic carbocycles. The third kappa shape index (κ3) is 3.39. The van der Waals surface area contributed by atoms with Crippen molar-refractivity contribution >= 4 is 12.4 Å². The van der Waals surface area contributed by atoms with Crippen molar-refractivity contribution in [1.82, 2.24) is 4.98 Å². The van der Waals surface area contributed by atoms with Gasteiger partial charge in [0.15, 0.2) is 0 Å². The van der Waals surface area contributed by atoms with Crippen molar-refractivity contribution in [2.45, 2.75) is 13.8 Å². The lowest BCUT2D eigenvalue weighted by Gasteiger charge is -2.08. The van der Waals surface area contributed by atoms with E-state index in [1.165, 1.54) is 0 Å². The SMILES string of the molecule is Cc1cc(C)c(C#N)c(OCCN)n1.Cl. The van der Waals surface area contributed by atoms with Gasteiger partial charge in [-0.1, -0.05) is 0 Å². The molecular formula is C10H14ClN3O. The number of nitriles is 1. The van der Waals surface area contributed by atoms with E-state index in [9.17, 15) is 0 Å². The number of ether oxygens (including phenoxy) is 1. The normalized spacial score (nSPS) is 8.93. The van der Waals surface area contributed by atoms with Crippen molar-refractivity contribution in [3.63, 3.8) is 0 Å². The summed E-state index contributed by atoms with van der Waals surface area (Å²) in [5, 5.41) is 8.89. The van der Waals surface area contributed by atoms with Crippen LogP contribution in [-0.4, -0.2) is 18.1 Å². The number of rotatable bonds is 3. The molecule has 0 spiro atoms. The highest BCUT2D eigenvalue weighted by molar-refractivity contribution is 5.85. The van der Waals surface area contributed by atoms with E-state index in [1.807, 2.05) is 19.9 Å². The van der Waals surface area contributed by atoms with Crippen molar-refractivity contribution < 1.29 is 4.74 Å². The molecule has 0 radical (unpaired) electrons. The Balaban J connectivity index is 0.00000196. The molecule has 1 aromatic heterocycles. The Bertz CT molecular complexity index is 374. The zero-order valence-corrected chi connectivity index (χ0v) is 9.60. The predicted octanol–water partition coefficient (Wildman–Crippen LogP) is 1.33. The van der Waals surface area contributed by atoms with Crippen LogP contribution in [0.3, 0.4) is 0 Å². The Kier molecular flexibility index (Phi) is 5.68. The van der Waals surface area contributed by atoms with Gasteiger partial charge in [0.1, 0.15) is 18.2 Å². The lowest BCUT2D eigenvalue weighted by Crippen LogP contribution is -2.12. The van der Waals surface area contributed by atoms with Crippen LogP contribution in [-0.2, 0) is 0 Å². The quantitative estimate of drug-likeness (QED) is 0.846. The van der Waals surface area contributed by atoms with Crippen LogP contribution in [0.5, 0.6) is 5.88 Å². The molecule has 0 unspecified atom stereocenters. The van der Waals surface area contributed by atoms with Crippen molar-refractivity contribution in [3.8, 4) is 11.9 Å². The highest BCUT2D eigenvalue weighted by Crippen LogP contribution is 2.19. The Morgan fingerprint density at radius 1 is 1.53 bits per heavy atom. The Morgan fingerprint density at radius 3 is 2.73 bits per heavy atom. The van der Waals surface area contributed by atoms with Crippen LogP contribution in [0.1, 0.15) is 16.8 Å². The van der Waals surface area contributed by atoms with Gasteiger partial charge in [-0.25, -0.2) is 4.98 Å². The van der Waals surface area contributed by atoms with Crippen molar-refractivity contribution in [1.29, 1.82) is 5.26 Å². The summed E-state index contributed by atoms with van der Waals surface area (Å²) in [5.74, 6) is 0.385. The molecule has 0 aliphatic heterocycles. The van der Waals surface area contributed by atoms with E-state index in [1.54, 1.807) is 0 Å². The number of aryl methyl sites for hydroxylation is 2. The Morgan fingerprint density at radius 2 is 2.20 bits per heavy atom. The van der Waals surface area contributed by atoms with Gasteiger partial charge in [-0.2, -0.15) is 5.26 Å². The maximum absolute atomic E-state index is 8.89. The van der Waals surface area contributed by atoms with Crippen LogP contribution in [0.4, 0.5) is 0 Å². The summed E-state index contributed by atoms with van der Waals surface area (Å²) in [4.78, 5) is 4.14. The molecule has 0 bridgehead atoms. The first-order valence-electron chi connectivity index (χ1n) is 4.40. The van der Waals surface area contributed by atoms with Crippen LogP contribution in [0.2, 0.25) is 0 Å². The number of aromatic nitrogens is 1. The van der Waals surface area contributed by atoms with E-state index in [4.69, 9.17) is 15.7 Å². The number of hydrogen-bond acceptors (Lipinski definition) is 4. The van der Waals surface area contributed by atoms with Crippen molar-refractivity contribution in [2.75, 3.05) is 13.2 Å². The van der Waals surface area contributed by atoms with E-state index in [2.05, 4.69) is 11.1 Å². The van der Waals surface area contributed by atoms with Gasteiger partial charge in [0.2, 0.25) is 5.88 Å².